The summed E-state index contributed by atoms with van der Waals surface area (Å²) in [7, 11) is 0. The number of hydrogen-bond donors (Lipinski definition) is 1. The first-order chi connectivity index (χ1) is 8.76. The maximum Gasteiger partial charge on any atom is 0.344 e. The summed E-state index contributed by atoms with van der Waals surface area (Å²) in [6, 6.07) is 0. The van der Waals surface area contributed by atoms with Crippen LogP contribution in [-0.2, 0) is 9.53 Å². The minimum Gasteiger partial charge on any atom is -0.457 e. The molecule has 0 aliphatic heterocycles. The quantitative estimate of drug-likeness (QED) is 0.802. The van der Waals surface area contributed by atoms with Crippen LogP contribution in [0.1, 0.15) is 58.8 Å². The van der Waals surface area contributed by atoms with E-state index < -0.39 is 22.8 Å². The molecule has 19 heavy (non-hydrogen) atoms. The molecular weight excluding hydrogens is 247 g/mol. The third-order valence-corrected chi connectivity index (χ3v) is 5.38. The second-order valence-corrected chi connectivity index (χ2v) is 7.31. The number of carbonyl (C=O) groups excluding carboxylic acids is 1. The van der Waals surface area contributed by atoms with Crippen LogP contribution in [0.25, 0.3) is 0 Å². The normalized spacial score (nSPS) is 46.9. The average molecular weight is 270 g/mol. The van der Waals surface area contributed by atoms with Crippen molar-refractivity contribution in [2.45, 2.75) is 75.7 Å². The van der Waals surface area contributed by atoms with Gasteiger partial charge in [-0.25, -0.2) is 9.18 Å². The summed E-state index contributed by atoms with van der Waals surface area (Å²) in [4.78, 5) is 12.0. The molecule has 4 rings (SSSR count). The van der Waals surface area contributed by atoms with Gasteiger partial charge in [-0.3, -0.25) is 0 Å². The van der Waals surface area contributed by atoms with Crippen LogP contribution < -0.4 is 0 Å². The SMILES string of the molecule is CCC(C)(F)C(=O)OC12CC3CC(CC(O)(C3)C1)C2. The molecule has 1 N–H and O–H groups in total. The first-order valence-electron chi connectivity index (χ1n) is 7.41. The fraction of sp³-hybridized carbons (Fsp3) is 0.933. The van der Waals surface area contributed by atoms with Crippen LogP contribution in [0.3, 0.4) is 0 Å². The van der Waals surface area contributed by atoms with Crippen molar-refractivity contribution in [3.63, 3.8) is 0 Å². The second kappa shape index (κ2) is 3.94. The monoisotopic (exact) mass is 270 g/mol. The predicted octanol–water partition coefficient (Wildman–Crippen LogP) is 2.75. The Bertz CT molecular complexity index is 390. The van der Waals surface area contributed by atoms with E-state index in [0.29, 0.717) is 18.3 Å². The number of rotatable bonds is 3. The first-order valence-corrected chi connectivity index (χ1v) is 7.41. The van der Waals surface area contributed by atoms with Gasteiger partial charge >= 0.3 is 5.97 Å². The molecule has 0 saturated heterocycles. The summed E-state index contributed by atoms with van der Waals surface area (Å²) >= 11 is 0. The highest BCUT2D eigenvalue weighted by atomic mass is 19.1. The molecule has 4 fully saturated rings. The zero-order valence-electron chi connectivity index (χ0n) is 11.7. The van der Waals surface area contributed by atoms with Crippen molar-refractivity contribution in [1.29, 1.82) is 0 Å². The number of esters is 1. The third-order valence-electron chi connectivity index (χ3n) is 5.38. The van der Waals surface area contributed by atoms with Gasteiger partial charge in [-0.2, -0.15) is 0 Å². The Kier molecular flexibility index (Phi) is 2.76. The maximum atomic E-state index is 14.1. The van der Waals surface area contributed by atoms with Crippen LogP contribution in [0.2, 0.25) is 0 Å². The lowest BCUT2D eigenvalue weighted by Gasteiger charge is -2.59. The van der Waals surface area contributed by atoms with Gasteiger partial charge in [0.25, 0.3) is 0 Å². The molecule has 0 aromatic rings. The summed E-state index contributed by atoms with van der Waals surface area (Å²) in [5.41, 5.74) is -3.19. The molecule has 0 heterocycles. The van der Waals surface area contributed by atoms with E-state index in [0.717, 1.165) is 32.1 Å². The molecule has 4 aliphatic rings. The molecule has 4 bridgehead atoms. The molecule has 0 aromatic heterocycles. The lowest BCUT2D eigenvalue weighted by Crippen LogP contribution is -2.61. The van der Waals surface area contributed by atoms with E-state index in [1.165, 1.54) is 6.92 Å². The molecule has 0 radical (unpaired) electrons. The van der Waals surface area contributed by atoms with Crippen molar-refractivity contribution in [3.8, 4) is 0 Å². The molecule has 0 spiro atoms. The van der Waals surface area contributed by atoms with E-state index in [2.05, 4.69) is 0 Å². The molecule has 4 aliphatic carbocycles. The number of hydrogen-bond acceptors (Lipinski definition) is 3. The fourth-order valence-electron chi connectivity index (χ4n) is 4.70. The van der Waals surface area contributed by atoms with Crippen molar-refractivity contribution in [2.24, 2.45) is 11.8 Å². The predicted molar refractivity (Wildman–Crippen MR) is 68.3 cm³/mol. The van der Waals surface area contributed by atoms with E-state index in [-0.39, 0.29) is 6.42 Å². The minimum absolute atomic E-state index is 0.124. The van der Waals surface area contributed by atoms with Gasteiger partial charge in [-0.05, 0) is 57.3 Å². The van der Waals surface area contributed by atoms with Crippen LogP contribution in [0.15, 0.2) is 0 Å². The van der Waals surface area contributed by atoms with E-state index in [9.17, 15) is 14.3 Å². The van der Waals surface area contributed by atoms with Gasteiger partial charge < -0.3 is 9.84 Å². The van der Waals surface area contributed by atoms with Gasteiger partial charge in [0.15, 0.2) is 0 Å². The van der Waals surface area contributed by atoms with Gasteiger partial charge in [0.2, 0.25) is 5.67 Å². The lowest BCUT2D eigenvalue weighted by molar-refractivity contribution is -0.226. The zero-order valence-corrected chi connectivity index (χ0v) is 11.7. The van der Waals surface area contributed by atoms with E-state index in [1.807, 2.05) is 0 Å². The van der Waals surface area contributed by atoms with E-state index in [1.54, 1.807) is 6.92 Å². The Hall–Kier alpha value is -0.640. The highest BCUT2D eigenvalue weighted by Gasteiger charge is 2.59. The van der Waals surface area contributed by atoms with Crippen LogP contribution in [0.4, 0.5) is 4.39 Å². The molecule has 0 aromatic carbocycles. The third kappa shape index (κ3) is 2.18. The number of alkyl halides is 1. The largest absolute Gasteiger partial charge is 0.457 e. The Morgan fingerprint density at radius 3 is 2.42 bits per heavy atom. The first kappa shape index (κ1) is 13.3. The van der Waals surface area contributed by atoms with Crippen molar-refractivity contribution in [1.82, 2.24) is 0 Å². The molecule has 108 valence electrons. The highest BCUT2D eigenvalue weighted by Crippen LogP contribution is 2.59. The molecule has 0 amide bonds. The van der Waals surface area contributed by atoms with Crippen LogP contribution in [0, 0.1) is 11.8 Å². The van der Waals surface area contributed by atoms with Crippen molar-refractivity contribution in [3.05, 3.63) is 0 Å². The highest BCUT2D eigenvalue weighted by molar-refractivity contribution is 5.79. The number of aliphatic hydroxyl groups is 1. The number of carbonyl (C=O) groups is 1. The fourth-order valence-corrected chi connectivity index (χ4v) is 4.70. The Balaban J connectivity index is 1.79. The number of ether oxygens (including phenoxy) is 1. The standard InChI is InChI=1S/C15H23FO3/c1-3-13(2,16)12(17)19-15-7-10-4-11(8-15)6-14(18,5-10)9-15/h10-11,18H,3-9H2,1-2H3. The average Bonchev–Trinajstić information content (AvgIpc) is 2.24. The minimum atomic E-state index is -1.91. The van der Waals surface area contributed by atoms with E-state index in [4.69, 9.17) is 4.74 Å². The molecular formula is C15H23FO3. The Morgan fingerprint density at radius 2 is 1.95 bits per heavy atom. The van der Waals surface area contributed by atoms with Crippen molar-refractivity contribution >= 4 is 5.97 Å². The van der Waals surface area contributed by atoms with E-state index >= 15 is 0 Å². The summed E-state index contributed by atoms with van der Waals surface area (Å²) in [5.74, 6) is 0.124. The molecule has 3 atom stereocenters. The topological polar surface area (TPSA) is 46.5 Å². The smallest absolute Gasteiger partial charge is 0.344 e. The van der Waals surface area contributed by atoms with Crippen LogP contribution in [0.5, 0.6) is 0 Å². The summed E-state index contributed by atoms with van der Waals surface area (Å²) in [6.07, 6.45) is 5.00. The summed E-state index contributed by atoms with van der Waals surface area (Å²) in [6.45, 7) is 2.93. The van der Waals surface area contributed by atoms with Gasteiger partial charge in [0, 0.05) is 6.42 Å². The van der Waals surface area contributed by atoms with Gasteiger partial charge in [0.05, 0.1) is 5.60 Å². The van der Waals surface area contributed by atoms with Crippen molar-refractivity contribution in [2.75, 3.05) is 0 Å². The zero-order chi connectivity index (χ0) is 13.9. The van der Waals surface area contributed by atoms with Crippen LogP contribution >= 0.6 is 0 Å². The van der Waals surface area contributed by atoms with Gasteiger partial charge in [0.1, 0.15) is 5.60 Å². The van der Waals surface area contributed by atoms with Gasteiger partial charge in [-0.1, -0.05) is 6.92 Å². The lowest BCUT2D eigenvalue weighted by atomic mass is 9.52. The number of halogens is 1. The summed E-state index contributed by atoms with van der Waals surface area (Å²) < 4.78 is 19.7. The molecule has 4 heteroatoms. The second-order valence-electron chi connectivity index (χ2n) is 7.31. The molecule has 3 unspecified atom stereocenters. The molecule has 4 saturated carbocycles. The van der Waals surface area contributed by atoms with Crippen LogP contribution in [-0.4, -0.2) is 27.9 Å². The Labute approximate surface area is 113 Å². The maximum absolute atomic E-state index is 14.1. The Morgan fingerprint density at radius 1 is 1.37 bits per heavy atom. The summed E-state index contributed by atoms with van der Waals surface area (Å²) in [5, 5.41) is 10.6. The van der Waals surface area contributed by atoms with Crippen molar-refractivity contribution < 1.29 is 19.0 Å². The van der Waals surface area contributed by atoms with Gasteiger partial charge in [-0.15, -0.1) is 0 Å². The molecule has 3 nitrogen and oxygen atoms in total.